The summed E-state index contributed by atoms with van der Waals surface area (Å²) < 4.78 is 2.59. The standard InChI is InChI=1S/C62H41NS/c1-61(2)50-22-10-5-17-43(50)47-31-29-41(36-54(47)61)63(56-33-34-58-60(49-21-9-14-26-57(49)64-58)59(56)40-28-27-38-15-3-4-16-39(38)35-40)42-30-32-48-46-20-8-13-25-53(46)62(55(48)37-42)51-23-11-6-18-44(51)45-19-7-12-24-52(45)62/h3-37H,1-2H3. The van der Waals surface area contributed by atoms with Crippen LogP contribution in [0.1, 0.15) is 47.2 Å². The van der Waals surface area contributed by atoms with Crippen molar-refractivity contribution in [2.75, 3.05) is 4.90 Å². The second kappa shape index (κ2) is 13.0. The van der Waals surface area contributed by atoms with Crippen molar-refractivity contribution in [3.05, 3.63) is 246 Å². The van der Waals surface area contributed by atoms with Gasteiger partial charge in [-0.15, -0.1) is 11.3 Å². The summed E-state index contributed by atoms with van der Waals surface area (Å²) in [4.78, 5) is 2.58. The van der Waals surface area contributed by atoms with Gasteiger partial charge in [-0.3, -0.25) is 0 Å². The Hall–Kier alpha value is -7.52. The Morgan fingerprint density at radius 2 is 0.891 bits per heavy atom. The number of nitrogens with zero attached hydrogens (tertiary/aromatic N) is 1. The molecule has 3 aliphatic rings. The molecule has 1 aromatic heterocycles. The van der Waals surface area contributed by atoms with E-state index in [2.05, 4.69) is 231 Å². The number of benzene rings is 10. The van der Waals surface area contributed by atoms with Gasteiger partial charge in [-0.1, -0.05) is 178 Å². The second-order valence-corrected chi connectivity index (χ2v) is 19.4. The number of anilines is 3. The van der Waals surface area contributed by atoms with Crippen molar-refractivity contribution in [3.8, 4) is 44.5 Å². The molecule has 1 heterocycles. The largest absolute Gasteiger partial charge is 0.310 e. The average molecular weight is 832 g/mol. The zero-order chi connectivity index (χ0) is 42.3. The minimum atomic E-state index is -0.461. The molecule has 1 spiro atoms. The van der Waals surface area contributed by atoms with Crippen LogP contribution in [-0.2, 0) is 10.8 Å². The number of thiophene rings is 1. The van der Waals surface area contributed by atoms with Crippen LogP contribution in [0.5, 0.6) is 0 Å². The van der Waals surface area contributed by atoms with Gasteiger partial charge in [-0.25, -0.2) is 0 Å². The van der Waals surface area contributed by atoms with Crippen molar-refractivity contribution in [3.63, 3.8) is 0 Å². The Bertz CT molecular complexity index is 3730. The number of fused-ring (bicyclic) bond motifs is 17. The lowest BCUT2D eigenvalue weighted by Gasteiger charge is -2.33. The van der Waals surface area contributed by atoms with Crippen LogP contribution in [-0.4, -0.2) is 0 Å². The van der Waals surface area contributed by atoms with Gasteiger partial charge < -0.3 is 4.90 Å². The molecule has 0 amide bonds. The Morgan fingerprint density at radius 3 is 1.56 bits per heavy atom. The third-order valence-electron chi connectivity index (χ3n) is 14.9. The maximum atomic E-state index is 2.58. The van der Waals surface area contributed by atoms with Crippen LogP contribution in [0.25, 0.3) is 75.5 Å². The van der Waals surface area contributed by atoms with E-state index in [1.807, 2.05) is 11.3 Å². The molecule has 0 bridgehead atoms. The first-order chi connectivity index (χ1) is 31.5. The lowest BCUT2D eigenvalue weighted by molar-refractivity contribution is 0.660. The van der Waals surface area contributed by atoms with E-state index in [1.54, 1.807) is 0 Å². The summed E-state index contributed by atoms with van der Waals surface area (Å²) in [6.45, 7) is 4.78. The monoisotopic (exact) mass is 831 g/mol. The maximum absolute atomic E-state index is 2.58. The van der Waals surface area contributed by atoms with Crippen LogP contribution < -0.4 is 4.90 Å². The highest BCUT2D eigenvalue weighted by Gasteiger charge is 2.51. The van der Waals surface area contributed by atoms with Crippen LogP contribution in [0.4, 0.5) is 17.1 Å². The molecule has 0 radical (unpaired) electrons. The number of hydrogen-bond donors (Lipinski definition) is 0. The third-order valence-corrected chi connectivity index (χ3v) is 16.0. The molecule has 0 saturated carbocycles. The van der Waals surface area contributed by atoms with E-state index in [4.69, 9.17) is 0 Å². The summed E-state index contributed by atoms with van der Waals surface area (Å²) in [5, 5.41) is 5.08. The predicted octanol–water partition coefficient (Wildman–Crippen LogP) is 17.0. The molecule has 0 fully saturated rings. The van der Waals surface area contributed by atoms with E-state index in [0.29, 0.717) is 0 Å². The normalized spacial score (nSPS) is 14.3. The number of hydrogen-bond acceptors (Lipinski definition) is 2. The first kappa shape index (κ1) is 36.0. The van der Waals surface area contributed by atoms with Gasteiger partial charge in [0.15, 0.2) is 0 Å². The van der Waals surface area contributed by atoms with Crippen molar-refractivity contribution in [2.24, 2.45) is 0 Å². The minimum Gasteiger partial charge on any atom is -0.310 e. The van der Waals surface area contributed by atoms with E-state index in [0.717, 1.165) is 17.1 Å². The van der Waals surface area contributed by atoms with Gasteiger partial charge in [0.1, 0.15) is 0 Å². The molecule has 300 valence electrons. The second-order valence-electron chi connectivity index (χ2n) is 18.3. The van der Waals surface area contributed by atoms with Crippen molar-refractivity contribution in [2.45, 2.75) is 24.7 Å². The van der Waals surface area contributed by atoms with Gasteiger partial charge in [-0.05, 0) is 132 Å². The van der Waals surface area contributed by atoms with Gasteiger partial charge in [0.05, 0.1) is 11.1 Å². The van der Waals surface area contributed by atoms with Gasteiger partial charge in [0.25, 0.3) is 0 Å². The van der Waals surface area contributed by atoms with Crippen LogP contribution in [0.15, 0.2) is 212 Å². The Kier molecular flexibility index (Phi) is 7.32. The van der Waals surface area contributed by atoms with Crippen molar-refractivity contribution < 1.29 is 0 Å². The lowest BCUT2D eigenvalue weighted by atomic mass is 9.70. The molecule has 3 aliphatic carbocycles. The summed E-state index contributed by atoms with van der Waals surface area (Å²) >= 11 is 1.89. The SMILES string of the molecule is CC1(C)c2ccccc2-c2ccc(N(c3ccc4c(c3)C3(c5ccccc5-c5ccccc53)c3ccccc3-4)c3ccc4sc5ccccc5c4c3-c3ccc4ccccc4c3)cc21. The topological polar surface area (TPSA) is 3.24 Å². The zero-order valence-electron chi connectivity index (χ0n) is 35.6. The van der Waals surface area contributed by atoms with Crippen LogP contribution in [0.3, 0.4) is 0 Å². The van der Waals surface area contributed by atoms with E-state index < -0.39 is 5.41 Å². The summed E-state index contributed by atoms with van der Waals surface area (Å²) in [6, 6.07) is 80.4. The molecular weight excluding hydrogens is 791 g/mol. The zero-order valence-corrected chi connectivity index (χ0v) is 36.4. The predicted molar refractivity (Wildman–Crippen MR) is 271 cm³/mol. The van der Waals surface area contributed by atoms with Crippen LogP contribution in [0.2, 0.25) is 0 Å². The molecule has 2 heteroatoms. The fraction of sp³-hybridized carbons (Fsp3) is 0.0645. The molecule has 0 atom stereocenters. The molecule has 1 nitrogen and oxygen atoms in total. The fourth-order valence-corrected chi connectivity index (χ4v) is 13.2. The highest BCUT2D eigenvalue weighted by Crippen LogP contribution is 2.64. The Morgan fingerprint density at radius 1 is 0.375 bits per heavy atom. The summed E-state index contributed by atoms with van der Waals surface area (Å²) in [6.07, 6.45) is 0. The summed E-state index contributed by atoms with van der Waals surface area (Å²) in [5.41, 5.74) is 21.3. The first-order valence-corrected chi connectivity index (χ1v) is 23.2. The third kappa shape index (κ3) is 4.68. The Balaban J connectivity index is 1.10. The van der Waals surface area contributed by atoms with Gasteiger partial charge in [0, 0.05) is 42.5 Å². The summed E-state index contributed by atoms with van der Waals surface area (Å²) in [5.74, 6) is 0. The molecule has 0 aliphatic heterocycles. The Labute approximate surface area is 377 Å². The molecule has 0 N–H and O–H groups in total. The molecule has 10 aromatic carbocycles. The molecular formula is C62H41NS. The summed E-state index contributed by atoms with van der Waals surface area (Å²) in [7, 11) is 0. The molecule has 64 heavy (non-hydrogen) atoms. The minimum absolute atomic E-state index is 0.163. The van der Waals surface area contributed by atoms with Gasteiger partial charge in [0.2, 0.25) is 0 Å². The van der Waals surface area contributed by atoms with E-state index >= 15 is 0 Å². The van der Waals surface area contributed by atoms with Crippen molar-refractivity contribution in [1.82, 2.24) is 0 Å². The number of rotatable bonds is 4. The highest BCUT2D eigenvalue weighted by atomic mass is 32.1. The van der Waals surface area contributed by atoms with Crippen LogP contribution >= 0.6 is 11.3 Å². The van der Waals surface area contributed by atoms with Gasteiger partial charge in [-0.2, -0.15) is 0 Å². The maximum Gasteiger partial charge on any atom is 0.0726 e. The fourth-order valence-electron chi connectivity index (χ4n) is 12.1. The quantitative estimate of drug-likeness (QED) is 0.171. The van der Waals surface area contributed by atoms with E-state index in [1.165, 1.54) is 109 Å². The van der Waals surface area contributed by atoms with E-state index in [9.17, 15) is 0 Å². The first-order valence-electron chi connectivity index (χ1n) is 22.4. The molecule has 0 unspecified atom stereocenters. The smallest absolute Gasteiger partial charge is 0.0726 e. The van der Waals surface area contributed by atoms with Gasteiger partial charge >= 0.3 is 0 Å². The molecule has 0 saturated heterocycles. The molecule has 11 aromatic rings. The average Bonchev–Trinajstić information content (AvgIpc) is 4.03. The van der Waals surface area contributed by atoms with Crippen molar-refractivity contribution in [1.29, 1.82) is 0 Å². The highest BCUT2D eigenvalue weighted by molar-refractivity contribution is 7.26. The van der Waals surface area contributed by atoms with Crippen LogP contribution in [0, 0.1) is 0 Å². The van der Waals surface area contributed by atoms with Crippen molar-refractivity contribution >= 4 is 59.3 Å². The van der Waals surface area contributed by atoms with E-state index in [-0.39, 0.29) is 5.41 Å². The molecule has 14 rings (SSSR count). The lowest BCUT2D eigenvalue weighted by Crippen LogP contribution is -2.26.